The summed E-state index contributed by atoms with van der Waals surface area (Å²) in [5.74, 6) is 0.160. The van der Waals surface area contributed by atoms with Crippen molar-refractivity contribution >= 4 is 33.2 Å². The lowest BCUT2D eigenvalue weighted by molar-refractivity contribution is -0.119. The lowest BCUT2D eigenvalue weighted by Gasteiger charge is -2.25. The van der Waals surface area contributed by atoms with E-state index >= 15 is 0 Å². The van der Waals surface area contributed by atoms with Crippen molar-refractivity contribution in [3.8, 4) is 0 Å². The van der Waals surface area contributed by atoms with Crippen LogP contribution in [0.3, 0.4) is 0 Å². The fraction of sp³-hybridized carbons (Fsp3) is 0.381. The van der Waals surface area contributed by atoms with E-state index < -0.39 is 10.0 Å². The maximum Gasteiger partial charge on any atom is 0.264 e. The standard InChI is InChI=1S/C21H25ClN2O3S/c22-18-10-7-11-19(14-18)24(28(26,27)20-12-5-2-6-13-20)16-21(25)23-15-17-8-3-1-4-9-17/h2,5-7,10-14,17H,1,3-4,8-9,15-16H2,(H,23,25). The lowest BCUT2D eigenvalue weighted by atomic mass is 9.89. The van der Waals surface area contributed by atoms with E-state index in [4.69, 9.17) is 11.6 Å². The molecular weight excluding hydrogens is 396 g/mol. The molecule has 0 spiro atoms. The van der Waals surface area contributed by atoms with Crippen molar-refractivity contribution in [2.24, 2.45) is 5.92 Å². The van der Waals surface area contributed by atoms with Crippen molar-refractivity contribution < 1.29 is 13.2 Å². The Kier molecular flexibility index (Phi) is 6.97. The zero-order valence-electron chi connectivity index (χ0n) is 15.7. The highest BCUT2D eigenvalue weighted by atomic mass is 35.5. The summed E-state index contributed by atoms with van der Waals surface area (Å²) >= 11 is 6.06. The summed E-state index contributed by atoms with van der Waals surface area (Å²) in [5, 5.41) is 3.32. The summed E-state index contributed by atoms with van der Waals surface area (Å²) in [6, 6.07) is 14.6. The van der Waals surface area contributed by atoms with Gasteiger partial charge >= 0.3 is 0 Å². The summed E-state index contributed by atoms with van der Waals surface area (Å²) in [6.45, 7) is 0.303. The van der Waals surface area contributed by atoms with Crippen LogP contribution in [0.2, 0.25) is 5.02 Å². The molecule has 3 rings (SSSR count). The zero-order chi connectivity index (χ0) is 20.0. The molecule has 0 bridgehead atoms. The zero-order valence-corrected chi connectivity index (χ0v) is 17.3. The van der Waals surface area contributed by atoms with E-state index in [2.05, 4.69) is 5.32 Å². The summed E-state index contributed by atoms with van der Waals surface area (Å²) in [5.41, 5.74) is 0.365. The molecule has 0 aromatic heterocycles. The monoisotopic (exact) mass is 420 g/mol. The molecule has 1 aliphatic rings. The van der Waals surface area contributed by atoms with Gasteiger partial charge in [0.15, 0.2) is 0 Å². The Labute approximate surface area is 171 Å². The van der Waals surface area contributed by atoms with Crippen LogP contribution in [0.1, 0.15) is 32.1 Å². The Morgan fingerprint density at radius 3 is 2.43 bits per heavy atom. The first-order valence-corrected chi connectivity index (χ1v) is 11.4. The molecule has 7 heteroatoms. The minimum Gasteiger partial charge on any atom is -0.354 e. The number of carbonyl (C=O) groups excluding carboxylic acids is 1. The molecule has 0 radical (unpaired) electrons. The molecule has 1 saturated carbocycles. The number of halogens is 1. The van der Waals surface area contributed by atoms with Crippen molar-refractivity contribution in [3.05, 3.63) is 59.6 Å². The molecule has 1 aliphatic carbocycles. The number of sulfonamides is 1. The summed E-state index contributed by atoms with van der Waals surface area (Å²) in [6.07, 6.45) is 5.86. The van der Waals surface area contributed by atoms with E-state index in [9.17, 15) is 13.2 Å². The highest BCUT2D eigenvalue weighted by Gasteiger charge is 2.27. The number of benzene rings is 2. The van der Waals surface area contributed by atoms with Crippen LogP contribution in [0.5, 0.6) is 0 Å². The molecule has 1 N–H and O–H groups in total. The highest BCUT2D eigenvalue weighted by Crippen LogP contribution is 2.26. The molecule has 1 amide bonds. The number of nitrogens with zero attached hydrogens (tertiary/aromatic N) is 1. The normalized spacial score (nSPS) is 15.2. The van der Waals surface area contributed by atoms with Crippen molar-refractivity contribution in [1.82, 2.24) is 5.32 Å². The third-order valence-electron chi connectivity index (χ3n) is 5.03. The number of rotatable bonds is 7. The minimum absolute atomic E-state index is 0.134. The Balaban J connectivity index is 1.79. The number of anilines is 1. The maximum atomic E-state index is 13.2. The quantitative estimate of drug-likeness (QED) is 0.728. The third-order valence-corrected chi connectivity index (χ3v) is 7.05. The van der Waals surface area contributed by atoms with E-state index in [1.54, 1.807) is 42.5 Å². The second-order valence-electron chi connectivity index (χ2n) is 7.11. The smallest absolute Gasteiger partial charge is 0.264 e. The van der Waals surface area contributed by atoms with Crippen LogP contribution in [0, 0.1) is 5.92 Å². The molecule has 2 aromatic carbocycles. The van der Waals surface area contributed by atoms with Crippen LogP contribution in [0.15, 0.2) is 59.5 Å². The average Bonchev–Trinajstić information content (AvgIpc) is 2.72. The van der Waals surface area contributed by atoms with E-state index in [-0.39, 0.29) is 17.3 Å². The lowest BCUT2D eigenvalue weighted by Crippen LogP contribution is -2.42. The van der Waals surface area contributed by atoms with Crippen LogP contribution >= 0.6 is 11.6 Å². The van der Waals surface area contributed by atoms with Gasteiger partial charge in [-0.15, -0.1) is 0 Å². The molecule has 5 nitrogen and oxygen atoms in total. The van der Waals surface area contributed by atoms with Crippen LogP contribution in [0.4, 0.5) is 5.69 Å². The van der Waals surface area contributed by atoms with Crippen molar-refractivity contribution in [2.45, 2.75) is 37.0 Å². The van der Waals surface area contributed by atoms with Gasteiger partial charge in [-0.1, -0.05) is 55.1 Å². The first-order valence-electron chi connectivity index (χ1n) is 9.57. The van der Waals surface area contributed by atoms with Gasteiger partial charge in [0.2, 0.25) is 5.91 Å². The predicted octanol–water partition coefficient (Wildman–Crippen LogP) is 4.23. The Morgan fingerprint density at radius 2 is 1.75 bits per heavy atom. The van der Waals surface area contributed by atoms with E-state index in [1.165, 1.54) is 31.4 Å². The minimum atomic E-state index is -3.90. The third kappa shape index (κ3) is 5.26. The highest BCUT2D eigenvalue weighted by molar-refractivity contribution is 7.92. The van der Waals surface area contributed by atoms with Crippen LogP contribution in [-0.2, 0) is 14.8 Å². The first kappa shape index (κ1) is 20.7. The number of hydrogen-bond acceptors (Lipinski definition) is 3. The second kappa shape index (κ2) is 9.43. The van der Waals surface area contributed by atoms with Crippen LogP contribution in [0.25, 0.3) is 0 Å². The van der Waals surface area contributed by atoms with Gasteiger partial charge in [-0.2, -0.15) is 0 Å². The van der Waals surface area contributed by atoms with E-state index in [0.29, 0.717) is 23.2 Å². The average molecular weight is 421 g/mol. The van der Waals surface area contributed by atoms with Gasteiger partial charge in [0.25, 0.3) is 10.0 Å². The van der Waals surface area contributed by atoms with Gasteiger partial charge in [0.1, 0.15) is 6.54 Å². The largest absolute Gasteiger partial charge is 0.354 e. The molecule has 0 saturated heterocycles. The topological polar surface area (TPSA) is 66.5 Å². The van der Waals surface area contributed by atoms with Crippen LogP contribution in [-0.4, -0.2) is 27.4 Å². The SMILES string of the molecule is O=C(CN(c1cccc(Cl)c1)S(=O)(=O)c1ccccc1)NCC1CCCCC1. The van der Waals surface area contributed by atoms with Crippen molar-refractivity contribution in [3.63, 3.8) is 0 Å². The molecule has 150 valence electrons. The number of hydrogen-bond donors (Lipinski definition) is 1. The number of amides is 1. The number of nitrogens with one attached hydrogen (secondary N) is 1. The van der Waals surface area contributed by atoms with Crippen molar-refractivity contribution in [1.29, 1.82) is 0 Å². The first-order chi connectivity index (χ1) is 13.5. The molecule has 0 atom stereocenters. The second-order valence-corrected chi connectivity index (χ2v) is 9.41. The fourth-order valence-corrected chi connectivity index (χ4v) is 5.12. The maximum absolute atomic E-state index is 13.2. The fourth-order valence-electron chi connectivity index (χ4n) is 3.50. The van der Waals surface area contributed by atoms with Gasteiger partial charge in [-0.05, 0) is 49.1 Å². The van der Waals surface area contributed by atoms with E-state index in [1.807, 2.05) is 0 Å². The van der Waals surface area contributed by atoms with E-state index in [0.717, 1.165) is 17.1 Å². The molecule has 0 heterocycles. The van der Waals surface area contributed by atoms with Gasteiger partial charge in [-0.3, -0.25) is 9.10 Å². The predicted molar refractivity (Wildman–Crippen MR) is 112 cm³/mol. The number of carbonyl (C=O) groups is 1. The molecular formula is C21H25ClN2O3S. The summed E-state index contributed by atoms with van der Waals surface area (Å²) < 4.78 is 27.5. The van der Waals surface area contributed by atoms with Gasteiger partial charge in [-0.25, -0.2) is 8.42 Å². The Bertz CT molecular complexity index is 897. The molecule has 0 aliphatic heterocycles. The molecule has 1 fully saturated rings. The van der Waals surface area contributed by atoms with Crippen molar-refractivity contribution in [2.75, 3.05) is 17.4 Å². The van der Waals surface area contributed by atoms with Crippen LogP contribution < -0.4 is 9.62 Å². The summed E-state index contributed by atoms with van der Waals surface area (Å²) in [4.78, 5) is 12.7. The Morgan fingerprint density at radius 1 is 1.04 bits per heavy atom. The van der Waals surface area contributed by atoms with Gasteiger partial charge in [0.05, 0.1) is 10.6 Å². The molecule has 0 unspecified atom stereocenters. The molecule has 28 heavy (non-hydrogen) atoms. The van der Waals surface area contributed by atoms with Gasteiger partial charge < -0.3 is 5.32 Å². The summed E-state index contributed by atoms with van der Waals surface area (Å²) in [7, 11) is -3.90. The molecule has 2 aromatic rings. The van der Waals surface area contributed by atoms with Gasteiger partial charge in [0, 0.05) is 11.6 Å². The Hall–Kier alpha value is -2.05.